The summed E-state index contributed by atoms with van der Waals surface area (Å²) in [4.78, 5) is 16.4. The number of hydrogen-bond acceptors (Lipinski definition) is 5. The van der Waals surface area contributed by atoms with Gasteiger partial charge < -0.3 is 19.5 Å². The van der Waals surface area contributed by atoms with Gasteiger partial charge in [-0.3, -0.25) is 4.90 Å². The average Bonchev–Trinajstić information content (AvgIpc) is 3.33. The van der Waals surface area contributed by atoms with Gasteiger partial charge in [-0.25, -0.2) is 13.6 Å². The van der Waals surface area contributed by atoms with E-state index in [4.69, 9.17) is 9.47 Å². The number of aliphatic hydroxyl groups is 1. The summed E-state index contributed by atoms with van der Waals surface area (Å²) in [7, 11) is 1.60. The molecule has 1 unspecified atom stereocenters. The Kier molecular flexibility index (Phi) is 7.63. The highest BCUT2D eigenvalue weighted by molar-refractivity contribution is 5.89. The lowest BCUT2D eigenvalue weighted by molar-refractivity contribution is -0.0155. The van der Waals surface area contributed by atoms with Gasteiger partial charge in [0, 0.05) is 12.2 Å². The monoisotopic (exact) mass is 522 g/mol. The van der Waals surface area contributed by atoms with Crippen LogP contribution in [0.1, 0.15) is 30.4 Å². The predicted octanol–water partition coefficient (Wildman–Crippen LogP) is 5.34. The summed E-state index contributed by atoms with van der Waals surface area (Å²) in [6.45, 7) is 2.79. The number of carbonyl (C=O) groups is 1. The van der Waals surface area contributed by atoms with Gasteiger partial charge in [-0.1, -0.05) is 24.3 Å². The number of nitrogens with zero attached hydrogens (tertiary/aromatic N) is 2. The highest BCUT2D eigenvalue weighted by Crippen LogP contribution is 2.42. The number of cyclic esters (lactones) is 1. The molecule has 1 N–H and O–H groups in total. The Morgan fingerprint density at radius 2 is 1.47 bits per heavy atom. The van der Waals surface area contributed by atoms with Gasteiger partial charge in [-0.15, -0.1) is 0 Å². The second-order valence-corrected chi connectivity index (χ2v) is 10.00. The molecule has 3 aromatic rings. The van der Waals surface area contributed by atoms with Gasteiger partial charge in [-0.05, 0) is 97.9 Å². The van der Waals surface area contributed by atoms with Gasteiger partial charge in [0.05, 0.1) is 13.7 Å². The average molecular weight is 523 g/mol. The summed E-state index contributed by atoms with van der Waals surface area (Å²) in [6, 6.07) is 19.1. The molecule has 2 aliphatic heterocycles. The van der Waals surface area contributed by atoms with Gasteiger partial charge in [-0.2, -0.15) is 0 Å². The summed E-state index contributed by atoms with van der Waals surface area (Å²) in [5, 5.41) is 12.0. The molecule has 2 heterocycles. The van der Waals surface area contributed by atoms with E-state index in [9.17, 15) is 18.7 Å². The summed E-state index contributed by atoms with van der Waals surface area (Å²) in [5.41, 5.74) is 0.619. The molecule has 2 saturated heterocycles. The molecule has 5 rings (SSSR count). The Labute approximate surface area is 221 Å². The second kappa shape index (κ2) is 11.1. The van der Waals surface area contributed by atoms with Crippen LogP contribution < -0.4 is 9.64 Å². The van der Waals surface area contributed by atoms with E-state index in [0.717, 1.165) is 31.1 Å². The van der Waals surface area contributed by atoms with Crippen LogP contribution in [0.2, 0.25) is 0 Å². The van der Waals surface area contributed by atoms with E-state index in [-0.39, 0.29) is 29.7 Å². The van der Waals surface area contributed by atoms with Gasteiger partial charge in [0.1, 0.15) is 29.1 Å². The molecule has 2 aliphatic rings. The lowest BCUT2D eigenvalue weighted by Gasteiger charge is -2.42. The second-order valence-electron chi connectivity index (χ2n) is 10.00. The Balaban J connectivity index is 1.20. The van der Waals surface area contributed by atoms with Crippen molar-refractivity contribution >= 4 is 11.8 Å². The highest BCUT2D eigenvalue weighted by atomic mass is 19.1. The first-order chi connectivity index (χ1) is 18.4. The van der Waals surface area contributed by atoms with Crippen LogP contribution in [-0.2, 0) is 10.3 Å². The summed E-state index contributed by atoms with van der Waals surface area (Å²) >= 11 is 0. The molecule has 38 heavy (non-hydrogen) atoms. The quantitative estimate of drug-likeness (QED) is 0.433. The lowest BCUT2D eigenvalue weighted by Crippen LogP contribution is -2.44. The molecule has 0 spiro atoms. The van der Waals surface area contributed by atoms with E-state index in [1.54, 1.807) is 36.3 Å². The van der Waals surface area contributed by atoms with Crippen molar-refractivity contribution < 1.29 is 28.2 Å². The van der Waals surface area contributed by atoms with Crippen LogP contribution in [-0.4, -0.2) is 55.5 Å². The zero-order valence-electron chi connectivity index (χ0n) is 21.4. The SMILES string of the molecule is COc1ccc(N2CC(CCN3CCC(C(O)(c4ccc(F)cc4)c4ccc(F)cc4)CC3)OC2=O)cc1. The first-order valence-electron chi connectivity index (χ1n) is 13.0. The third kappa shape index (κ3) is 5.37. The molecule has 0 radical (unpaired) electrons. The molecule has 6 nitrogen and oxygen atoms in total. The van der Waals surface area contributed by atoms with Crippen molar-refractivity contribution in [2.75, 3.05) is 38.2 Å². The first kappa shape index (κ1) is 26.1. The number of amides is 1. The van der Waals surface area contributed by atoms with Crippen LogP contribution in [0.15, 0.2) is 72.8 Å². The molecule has 8 heteroatoms. The molecule has 1 amide bonds. The van der Waals surface area contributed by atoms with E-state index >= 15 is 0 Å². The van der Waals surface area contributed by atoms with Crippen molar-refractivity contribution in [3.8, 4) is 5.75 Å². The van der Waals surface area contributed by atoms with E-state index in [2.05, 4.69) is 4.90 Å². The van der Waals surface area contributed by atoms with Crippen molar-refractivity contribution in [2.45, 2.75) is 31.0 Å². The fourth-order valence-electron chi connectivity index (χ4n) is 5.59. The Hall–Kier alpha value is -3.49. The maximum atomic E-state index is 13.6. The topological polar surface area (TPSA) is 62.2 Å². The van der Waals surface area contributed by atoms with E-state index in [1.807, 2.05) is 24.3 Å². The maximum Gasteiger partial charge on any atom is 0.414 e. The van der Waals surface area contributed by atoms with Crippen LogP contribution in [0, 0.1) is 17.6 Å². The zero-order valence-corrected chi connectivity index (χ0v) is 21.4. The number of benzene rings is 3. The van der Waals surface area contributed by atoms with Crippen LogP contribution in [0.25, 0.3) is 0 Å². The number of rotatable bonds is 8. The number of halogens is 2. The van der Waals surface area contributed by atoms with Crippen molar-refractivity contribution in [3.05, 3.63) is 95.6 Å². The van der Waals surface area contributed by atoms with Crippen molar-refractivity contribution in [1.82, 2.24) is 4.90 Å². The fraction of sp³-hybridized carbons (Fsp3) is 0.367. The van der Waals surface area contributed by atoms with Gasteiger partial charge in [0.25, 0.3) is 0 Å². The number of hydrogen-bond donors (Lipinski definition) is 1. The standard InChI is InChI=1S/C30H32F2N2O4/c1-37-27-12-10-26(11-13-27)34-20-28(38-29(34)35)16-19-33-17-14-23(15-18-33)30(36,21-2-6-24(31)7-3-21)22-4-8-25(32)9-5-22/h2-13,23,28,36H,14-20H2,1H3. The number of carbonyl (C=O) groups excluding carboxylic acids is 1. The molecular formula is C30H32F2N2O4. The minimum atomic E-state index is -1.35. The fourth-order valence-corrected chi connectivity index (χ4v) is 5.59. The van der Waals surface area contributed by atoms with Crippen molar-refractivity contribution in [1.29, 1.82) is 0 Å². The van der Waals surface area contributed by atoms with E-state index in [0.29, 0.717) is 36.9 Å². The van der Waals surface area contributed by atoms with Crippen LogP contribution in [0.5, 0.6) is 5.75 Å². The predicted molar refractivity (Wildman–Crippen MR) is 140 cm³/mol. The van der Waals surface area contributed by atoms with Crippen LogP contribution >= 0.6 is 0 Å². The molecule has 0 aromatic heterocycles. The number of likely N-dealkylation sites (tertiary alicyclic amines) is 1. The molecule has 1 atom stereocenters. The number of methoxy groups -OCH3 is 1. The van der Waals surface area contributed by atoms with Crippen molar-refractivity contribution in [3.63, 3.8) is 0 Å². The number of piperidine rings is 1. The van der Waals surface area contributed by atoms with Crippen molar-refractivity contribution in [2.24, 2.45) is 5.92 Å². The molecule has 0 aliphatic carbocycles. The minimum absolute atomic E-state index is 0.121. The van der Waals surface area contributed by atoms with Crippen LogP contribution in [0.4, 0.5) is 19.3 Å². The smallest absolute Gasteiger partial charge is 0.414 e. The highest BCUT2D eigenvalue weighted by Gasteiger charge is 2.42. The molecule has 3 aromatic carbocycles. The third-order valence-electron chi connectivity index (χ3n) is 7.77. The minimum Gasteiger partial charge on any atom is -0.497 e. The summed E-state index contributed by atoms with van der Waals surface area (Å²) < 4.78 is 38.1. The Morgan fingerprint density at radius 1 is 0.921 bits per heavy atom. The Bertz CT molecular complexity index is 1180. The van der Waals surface area contributed by atoms with Crippen LogP contribution in [0.3, 0.4) is 0 Å². The number of ether oxygens (including phenoxy) is 2. The molecule has 0 bridgehead atoms. The summed E-state index contributed by atoms with van der Waals surface area (Å²) in [6.07, 6.45) is 1.60. The molecule has 200 valence electrons. The van der Waals surface area contributed by atoms with Gasteiger partial charge >= 0.3 is 6.09 Å². The first-order valence-corrected chi connectivity index (χ1v) is 13.0. The Morgan fingerprint density at radius 3 is 2.00 bits per heavy atom. The number of anilines is 1. The van der Waals surface area contributed by atoms with Gasteiger partial charge in [0.2, 0.25) is 0 Å². The van der Waals surface area contributed by atoms with E-state index < -0.39 is 5.60 Å². The third-order valence-corrected chi connectivity index (χ3v) is 7.77. The van der Waals surface area contributed by atoms with E-state index in [1.165, 1.54) is 24.3 Å². The molecular weight excluding hydrogens is 490 g/mol. The molecule has 2 fully saturated rings. The van der Waals surface area contributed by atoms with Gasteiger partial charge in [0.15, 0.2) is 0 Å². The largest absolute Gasteiger partial charge is 0.497 e. The maximum absolute atomic E-state index is 13.6. The zero-order chi connectivity index (χ0) is 26.7. The lowest BCUT2D eigenvalue weighted by atomic mass is 9.72. The molecule has 0 saturated carbocycles. The normalized spacial score (nSPS) is 19.0. The summed E-state index contributed by atoms with van der Waals surface area (Å²) in [5.74, 6) is -0.136.